The van der Waals surface area contributed by atoms with Crippen LogP contribution in [0.1, 0.15) is 44.1 Å². The molecular weight excluding hydrogens is 298 g/mol. The van der Waals surface area contributed by atoms with Crippen LogP contribution < -0.4 is 0 Å². The van der Waals surface area contributed by atoms with Crippen molar-refractivity contribution < 1.29 is 5.11 Å². The molecule has 4 heteroatoms. The number of aliphatic hydroxyl groups excluding tert-OH is 1. The van der Waals surface area contributed by atoms with Crippen molar-refractivity contribution >= 4 is 27.3 Å². The van der Waals surface area contributed by atoms with E-state index in [9.17, 15) is 5.11 Å². The van der Waals surface area contributed by atoms with Crippen molar-refractivity contribution in [3.63, 3.8) is 0 Å². The molecule has 0 aromatic carbocycles. The Labute approximate surface area is 117 Å². The second kappa shape index (κ2) is 8.25. The second-order valence-electron chi connectivity index (χ2n) is 4.23. The number of hydrogen-bond acceptors (Lipinski definition) is 3. The minimum Gasteiger partial charge on any atom is -0.388 e. The lowest BCUT2D eigenvalue weighted by atomic mass is 10.2. The zero-order chi connectivity index (χ0) is 12.7. The predicted molar refractivity (Wildman–Crippen MR) is 78.6 cm³/mol. The van der Waals surface area contributed by atoms with Crippen molar-refractivity contribution in [3.05, 3.63) is 20.8 Å². The number of unbranched alkanes of at least 4 members (excludes halogenated alkanes) is 1. The van der Waals surface area contributed by atoms with Crippen LogP contribution in [0.15, 0.2) is 15.9 Å². The highest BCUT2D eigenvalue weighted by Crippen LogP contribution is 2.28. The van der Waals surface area contributed by atoms with Gasteiger partial charge in [-0.2, -0.15) is 0 Å². The first-order valence-electron chi connectivity index (χ1n) is 6.33. The molecule has 1 N–H and O–H groups in total. The first kappa shape index (κ1) is 15.2. The van der Waals surface area contributed by atoms with E-state index < -0.39 is 0 Å². The summed E-state index contributed by atoms with van der Waals surface area (Å²) in [4.78, 5) is 3.47. The van der Waals surface area contributed by atoms with Gasteiger partial charge >= 0.3 is 0 Å². The molecule has 1 unspecified atom stereocenters. The fourth-order valence-electron chi connectivity index (χ4n) is 1.76. The topological polar surface area (TPSA) is 23.5 Å². The van der Waals surface area contributed by atoms with Crippen molar-refractivity contribution in [1.29, 1.82) is 0 Å². The van der Waals surface area contributed by atoms with Crippen molar-refractivity contribution in [2.45, 2.75) is 39.2 Å². The van der Waals surface area contributed by atoms with Gasteiger partial charge in [-0.05, 0) is 54.0 Å². The summed E-state index contributed by atoms with van der Waals surface area (Å²) in [5.41, 5.74) is 0. The SMILES string of the molecule is CCCCN(CC)CCC(O)c1ccc(Br)s1. The van der Waals surface area contributed by atoms with Crippen LogP contribution in [0.3, 0.4) is 0 Å². The van der Waals surface area contributed by atoms with E-state index in [1.54, 1.807) is 11.3 Å². The van der Waals surface area contributed by atoms with Gasteiger partial charge in [0.05, 0.1) is 9.89 Å². The summed E-state index contributed by atoms with van der Waals surface area (Å²) < 4.78 is 1.09. The molecule has 17 heavy (non-hydrogen) atoms. The Bertz CT molecular complexity index is 316. The van der Waals surface area contributed by atoms with E-state index >= 15 is 0 Å². The maximum Gasteiger partial charge on any atom is 0.0894 e. The van der Waals surface area contributed by atoms with E-state index in [-0.39, 0.29) is 6.10 Å². The Balaban J connectivity index is 2.33. The van der Waals surface area contributed by atoms with Crippen LogP contribution in [-0.2, 0) is 0 Å². The lowest BCUT2D eigenvalue weighted by Gasteiger charge is -2.21. The average molecular weight is 320 g/mol. The monoisotopic (exact) mass is 319 g/mol. The summed E-state index contributed by atoms with van der Waals surface area (Å²) in [5.74, 6) is 0. The van der Waals surface area contributed by atoms with E-state index in [0.29, 0.717) is 0 Å². The Kier molecular flexibility index (Phi) is 7.35. The molecule has 0 aliphatic heterocycles. The average Bonchev–Trinajstić information content (AvgIpc) is 2.76. The summed E-state index contributed by atoms with van der Waals surface area (Å²) in [6.07, 6.45) is 2.98. The number of rotatable bonds is 8. The molecule has 0 aliphatic carbocycles. The molecule has 0 saturated heterocycles. The number of aliphatic hydroxyl groups is 1. The van der Waals surface area contributed by atoms with Crippen LogP contribution in [0.4, 0.5) is 0 Å². The summed E-state index contributed by atoms with van der Waals surface area (Å²) >= 11 is 5.05. The smallest absolute Gasteiger partial charge is 0.0894 e. The summed E-state index contributed by atoms with van der Waals surface area (Å²) in [6.45, 7) is 7.59. The summed E-state index contributed by atoms with van der Waals surface area (Å²) in [6, 6.07) is 4.00. The van der Waals surface area contributed by atoms with Gasteiger partial charge in [0.1, 0.15) is 0 Å². The van der Waals surface area contributed by atoms with Gasteiger partial charge < -0.3 is 10.0 Å². The van der Waals surface area contributed by atoms with Crippen molar-refractivity contribution in [2.75, 3.05) is 19.6 Å². The van der Waals surface area contributed by atoms with Gasteiger partial charge in [0.2, 0.25) is 0 Å². The highest BCUT2D eigenvalue weighted by Gasteiger charge is 2.11. The fraction of sp³-hybridized carbons (Fsp3) is 0.692. The maximum absolute atomic E-state index is 10.1. The van der Waals surface area contributed by atoms with E-state index in [1.165, 1.54) is 12.8 Å². The minimum atomic E-state index is -0.318. The van der Waals surface area contributed by atoms with E-state index in [0.717, 1.165) is 34.7 Å². The largest absolute Gasteiger partial charge is 0.388 e. The van der Waals surface area contributed by atoms with Crippen LogP contribution in [0.2, 0.25) is 0 Å². The van der Waals surface area contributed by atoms with Crippen LogP contribution in [0, 0.1) is 0 Å². The van der Waals surface area contributed by atoms with Gasteiger partial charge in [0, 0.05) is 11.4 Å². The third-order valence-electron chi connectivity index (χ3n) is 2.92. The molecule has 1 atom stereocenters. The molecule has 1 rings (SSSR count). The Morgan fingerprint density at radius 2 is 2.12 bits per heavy atom. The van der Waals surface area contributed by atoms with Crippen LogP contribution in [0.25, 0.3) is 0 Å². The van der Waals surface area contributed by atoms with Gasteiger partial charge in [-0.3, -0.25) is 0 Å². The molecule has 2 nitrogen and oxygen atoms in total. The van der Waals surface area contributed by atoms with E-state index in [4.69, 9.17) is 0 Å². The minimum absolute atomic E-state index is 0.318. The molecule has 0 saturated carbocycles. The van der Waals surface area contributed by atoms with Gasteiger partial charge in [0.25, 0.3) is 0 Å². The van der Waals surface area contributed by atoms with Crippen LogP contribution in [-0.4, -0.2) is 29.6 Å². The first-order valence-corrected chi connectivity index (χ1v) is 7.94. The van der Waals surface area contributed by atoms with Gasteiger partial charge in [-0.25, -0.2) is 0 Å². The molecule has 0 spiro atoms. The van der Waals surface area contributed by atoms with Crippen molar-refractivity contribution in [3.8, 4) is 0 Å². The molecule has 1 aromatic rings. The zero-order valence-electron chi connectivity index (χ0n) is 10.7. The molecule has 0 radical (unpaired) electrons. The van der Waals surface area contributed by atoms with Crippen LogP contribution in [0.5, 0.6) is 0 Å². The third kappa shape index (κ3) is 5.51. The van der Waals surface area contributed by atoms with Crippen molar-refractivity contribution in [2.24, 2.45) is 0 Å². The quantitative estimate of drug-likeness (QED) is 0.781. The fourth-order valence-corrected chi connectivity index (χ4v) is 3.21. The van der Waals surface area contributed by atoms with Crippen molar-refractivity contribution in [1.82, 2.24) is 4.90 Å². The third-order valence-corrected chi connectivity index (χ3v) is 4.64. The lowest BCUT2D eigenvalue weighted by Crippen LogP contribution is -2.26. The zero-order valence-corrected chi connectivity index (χ0v) is 13.1. The number of nitrogens with zero attached hydrogens (tertiary/aromatic N) is 1. The Morgan fingerprint density at radius 1 is 1.35 bits per heavy atom. The summed E-state index contributed by atoms with van der Waals surface area (Å²) in [7, 11) is 0. The molecule has 1 heterocycles. The molecule has 1 aromatic heterocycles. The number of hydrogen-bond donors (Lipinski definition) is 1. The lowest BCUT2D eigenvalue weighted by molar-refractivity contribution is 0.146. The molecule has 0 bridgehead atoms. The molecule has 0 aliphatic rings. The maximum atomic E-state index is 10.1. The highest BCUT2D eigenvalue weighted by molar-refractivity contribution is 9.11. The summed E-state index contributed by atoms with van der Waals surface area (Å²) in [5, 5.41) is 10.1. The molecule has 98 valence electrons. The molecule has 0 fully saturated rings. The number of halogens is 1. The Morgan fingerprint density at radius 3 is 2.65 bits per heavy atom. The predicted octanol–water partition coefficient (Wildman–Crippen LogP) is 4.06. The van der Waals surface area contributed by atoms with Gasteiger partial charge in [-0.1, -0.05) is 20.3 Å². The van der Waals surface area contributed by atoms with E-state index in [1.807, 2.05) is 12.1 Å². The molecular formula is C13H22BrNOS. The van der Waals surface area contributed by atoms with Crippen LogP contribution >= 0.6 is 27.3 Å². The second-order valence-corrected chi connectivity index (χ2v) is 6.73. The highest BCUT2D eigenvalue weighted by atomic mass is 79.9. The number of thiophene rings is 1. The first-order chi connectivity index (χ1) is 8.17. The standard InChI is InChI=1S/C13H22BrNOS/c1-3-5-9-15(4-2)10-8-11(16)12-6-7-13(14)17-12/h6-7,11,16H,3-5,8-10H2,1-2H3. The molecule has 0 amide bonds. The normalized spacial score (nSPS) is 13.2. The Hall–Kier alpha value is 0.1000. The van der Waals surface area contributed by atoms with Gasteiger partial charge in [0.15, 0.2) is 0 Å². The van der Waals surface area contributed by atoms with Gasteiger partial charge in [-0.15, -0.1) is 11.3 Å². The van der Waals surface area contributed by atoms with E-state index in [2.05, 4.69) is 34.7 Å².